The predicted molar refractivity (Wildman–Crippen MR) is 116 cm³/mol. The van der Waals surface area contributed by atoms with Crippen molar-refractivity contribution in [1.82, 2.24) is 19.5 Å². The number of aromatic nitrogens is 4. The summed E-state index contributed by atoms with van der Waals surface area (Å²) >= 11 is 0. The van der Waals surface area contributed by atoms with Crippen molar-refractivity contribution in [2.75, 3.05) is 19.5 Å². The van der Waals surface area contributed by atoms with Crippen LogP contribution in [0, 0.1) is 0 Å². The molecule has 1 aliphatic heterocycles. The van der Waals surface area contributed by atoms with Gasteiger partial charge in [-0.1, -0.05) is 6.07 Å². The average Bonchev–Trinajstić information content (AvgIpc) is 3.34. The highest BCUT2D eigenvalue weighted by atomic mass is 16.6. The lowest BCUT2D eigenvalue weighted by atomic mass is 10.1. The molecule has 4 N–H and O–H groups in total. The van der Waals surface area contributed by atoms with Gasteiger partial charge < -0.3 is 34.7 Å². The van der Waals surface area contributed by atoms with Crippen molar-refractivity contribution >= 4 is 27.8 Å². The Labute approximate surface area is 183 Å². The normalized spacial score (nSPS) is 23.2. The number of aliphatic hydroxyl groups excluding tert-OH is 2. The van der Waals surface area contributed by atoms with Gasteiger partial charge >= 0.3 is 0 Å². The third kappa shape index (κ3) is 3.63. The zero-order chi connectivity index (χ0) is 22.2. The van der Waals surface area contributed by atoms with E-state index in [1.807, 2.05) is 30.3 Å². The SMILES string of the molecule is COCc1ccc2ccc(OC[C@H]3O[C@@H](n4ccc5c(N)ncnc54)[C@H](O)[C@@H]3O)cc2n1. The Kier molecular flexibility index (Phi) is 5.35. The van der Waals surface area contributed by atoms with Gasteiger partial charge in [-0.15, -0.1) is 0 Å². The molecule has 0 spiro atoms. The van der Waals surface area contributed by atoms with Crippen molar-refractivity contribution in [2.24, 2.45) is 0 Å². The summed E-state index contributed by atoms with van der Waals surface area (Å²) < 4.78 is 18.6. The molecule has 3 aromatic heterocycles. The third-order valence-corrected chi connectivity index (χ3v) is 5.58. The predicted octanol–water partition coefficient (Wildman–Crippen LogP) is 1.41. The first-order valence-electron chi connectivity index (χ1n) is 10.1. The summed E-state index contributed by atoms with van der Waals surface area (Å²) in [5, 5.41) is 22.8. The van der Waals surface area contributed by atoms with Gasteiger partial charge in [0.15, 0.2) is 6.23 Å². The number of hydrogen-bond acceptors (Lipinski definition) is 9. The van der Waals surface area contributed by atoms with Crippen molar-refractivity contribution < 1.29 is 24.4 Å². The molecule has 10 heteroatoms. The molecule has 4 aromatic rings. The van der Waals surface area contributed by atoms with Crippen molar-refractivity contribution in [2.45, 2.75) is 31.1 Å². The largest absolute Gasteiger partial charge is 0.491 e. The van der Waals surface area contributed by atoms with E-state index in [0.29, 0.717) is 29.2 Å². The van der Waals surface area contributed by atoms with E-state index in [4.69, 9.17) is 19.9 Å². The number of rotatable bonds is 6. The van der Waals surface area contributed by atoms with Gasteiger partial charge in [0, 0.05) is 24.8 Å². The number of hydrogen-bond donors (Lipinski definition) is 3. The molecule has 1 aliphatic rings. The molecule has 5 rings (SSSR count). The number of pyridine rings is 1. The summed E-state index contributed by atoms with van der Waals surface area (Å²) in [6.07, 6.45) is -0.825. The second kappa shape index (κ2) is 8.32. The summed E-state index contributed by atoms with van der Waals surface area (Å²) in [5.41, 5.74) is 8.00. The summed E-state index contributed by atoms with van der Waals surface area (Å²) in [7, 11) is 1.62. The first-order chi connectivity index (χ1) is 15.5. The molecule has 1 saturated heterocycles. The van der Waals surface area contributed by atoms with E-state index in [2.05, 4.69) is 15.0 Å². The van der Waals surface area contributed by atoms with Crippen LogP contribution in [0.15, 0.2) is 48.9 Å². The number of nitrogens with zero attached hydrogens (tertiary/aromatic N) is 4. The lowest BCUT2D eigenvalue weighted by Crippen LogP contribution is -2.34. The molecule has 4 heterocycles. The number of fused-ring (bicyclic) bond motifs is 2. The van der Waals surface area contributed by atoms with Gasteiger partial charge in [0.2, 0.25) is 0 Å². The number of ether oxygens (including phenoxy) is 3. The maximum atomic E-state index is 10.6. The molecule has 0 amide bonds. The molecular formula is C22H23N5O5. The fourth-order valence-electron chi connectivity index (χ4n) is 3.93. The minimum Gasteiger partial charge on any atom is -0.491 e. The summed E-state index contributed by atoms with van der Waals surface area (Å²) in [6.45, 7) is 0.474. The van der Waals surface area contributed by atoms with Crippen LogP contribution in [0.4, 0.5) is 5.82 Å². The highest BCUT2D eigenvalue weighted by molar-refractivity contribution is 5.86. The molecule has 166 valence electrons. The third-order valence-electron chi connectivity index (χ3n) is 5.58. The summed E-state index contributed by atoms with van der Waals surface area (Å²) in [4.78, 5) is 12.8. The van der Waals surface area contributed by atoms with Crippen LogP contribution in [0.25, 0.3) is 21.9 Å². The van der Waals surface area contributed by atoms with E-state index < -0.39 is 24.5 Å². The number of nitrogens with two attached hydrogens (primary N) is 1. The molecule has 0 unspecified atom stereocenters. The van der Waals surface area contributed by atoms with Crippen LogP contribution in [0.1, 0.15) is 11.9 Å². The van der Waals surface area contributed by atoms with E-state index in [-0.39, 0.29) is 6.61 Å². The second-order valence-corrected chi connectivity index (χ2v) is 7.67. The molecule has 10 nitrogen and oxygen atoms in total. The van der Waals surface area contributed by atoms with Gasteiger partial charge in [-0.05, 0) is 24.3 Å². The van der Waals surface area contributed by atoms with Gasteiger partial charge in [0.25, 0.3) is 0 Å². The van der Waals surface area contributed by atoms with Crippen LogP contribution in [0.5, 0.6) is 5.75 Å². The Bertz CT molecular complexity index is 1260. The van der Waals surface area contributed by atoms with E-state index in [1.165, 1.54) is 6.33 Å². The molecule has 0 aliphatic carbocycles. The number of nitrogen functional groups attached to an aromatic ring is 1. The zero-order valence-corrected chi connectivity index (χ0v) is 17.3. The average molecular weight is 437 g/mol. The first kappa shape index (κ1) is 20.6. The van der Waals surface area contributed by atoms with Crippen molar-refractivity contribution in [3.63, 3.8) is 0 Å². The topological polar surface area (TPSA) is 138 Å². The van der Waals surface area contributed by atoms with Gasteiger partial charge in [0.05, 0.1) is 23.2 Å². The summed E-state index contributed by atoms with van der Waals surface area (Å²) in [6, 6.07) is 11.2. The maximum Gasteiger partial charge on any atom is 0.164 e. The zero-order valence-electron chi connectivity index (χ0n) is 17.3. The van der Waals surface area contributed by atoms with Crippen molar-refractivity contribution in [3.05, 3.63) is 54.6 Å². The molecule has 1 aromatic carbocycles. The molecule has 1 fully saturated rings. The number of methoxy groups -OCH3 is 1. The Morgan fingerprint density at radius 2 is 1.97 bits per heavy atom. The van der Waals surface area contributed by atoms with Crippen molar-refractivity contribution in [1.29, 1.82) is 0 Å². The van der Waals surface area contributed by atoms with Gasteiger partial charge in [-0.2, -0.15) is 0 Å². The lowest BCUT2D eigenvalue weighted by molar-refractivity contribution is -0.0471. The standard InChI is InChI=1S/C22H23N5O5/c1-30-9-13-4-2-12-3-5-14(8-16(12)26-13)31-10-17-18(28)19(29)22(32-17)27-7-6-15-20(23)24-11-25-21(15)27/h2-8,11,17-19,22,28-29H,9-10H2,1H3,(H2,23,24,25)/t17-,18-,19-,22-/m1/s1. The fraction of sp³-hybridized carbons (Fsp3) is 0.318. The number of aliphatic hydroxyl groups is 2. The molecule has 4 atom stereocenters. The molecule has 0 radical (unpaired) electrons. The van der Waals surface area contributed by atoms with Gasteiger partial charge in [0.1, 0.15) is 48.5 Å². The van der Waals surface area contributed by atoms with E-state index >= 15 is 0 Å². The van der Waals surface area contributed by atoms with Crippen LogP contribution >= 0.6 is 0 Å². The minimum atomic E-state index is -1.16. The van der Waals surface area contributed by atoms with Crippen LogP contribution in [0.2, 0.25) is 0 Å². The van der Waals surface area contributed by atoms with Crippen molar-refractivity contribution in [3.8, 4) is 5.75 Å². The smallest absolute Gasteiger partial charge is 0.164 e. The fourth-order valence-corrected chi connectivity index (χ4v) is 3.93. The quantitative estimate of drug-likeness (QED) is 0.409. The molecule has 0 saturated carbocycles. The lowest BCUT2D eigenvalue weighted by Gasteiger charge is -2.17. The monoisotopic (exact) mass is 437 g/mol. The van der Waals surface area contributed by atoms with E-state index in [0.717, 1.165) is 16.6 Å². The molecule has 32 heavy (non-hydrogen) atoms. The van der Waals surface area contributed by atoms with Crippen LogP contribution in [0.3, 0.4) is 0 Å². The van der Waals surface area contributed by atoms with Gasteiger partial charge in [-0.25, -0.2) is 9.97 Å². The second-order valence-electron chi connectivity index (χ2n) is 7.67. The Morgan fingerprint density at radius 3 is 2.81 bits per heavy atom. The maximum absolute atomic E-state index is 10.6. The van der Waals surface area contributed by atoms with Gasteiger partial charge in [-0.3, -0.25) is 4.98 Å². The summed E-state index contributed by atoms with van der Waals surface area (Å²) in [5.74, 6) is 0.917. The Morgan fingerprint density at radius 1 is 1.12 bits per heavy atom. The number of anilines is 1. The minimum absolute atomic E-state index is 0.0499. The Hall–Kier alpha value is -3.31. The van der Waals surface area contributed by atoms with Crippen LogP contribution in [-0.2, 0) is 16.1 Å². The van der Waals surface area contributed by atoms with E-state index in [1.54, 1.807) is 23.9 Å². The first-order valence-corrected chi connectivity index (χ1v) is 10.1. The Balaban J connectivity index is 1.32. The highest BCUT2D eigenvalue weighted by Gasteiger charge is 2.44. The molecular weight excluding hydrogens is 414 g/mol. The van der Waals surface area contributed by atoms with Crippen LogP contribution in [-0.4, -0.2) is 61.8 Å². The van der Waals surface area contributed by atoms with Crippen LogP contribution < -0.4 is 10.5 Å². The van der Waals surface area contributed by atoms with E-state index in [9.17, 15) is 10.2 Å². The molecule has 0 bridgehead atoms. The number of benzene rings is 1. The highest BCUT2D eigenvalue weighted by Crippen LogP contribution is 2.33.